The van der Waals surface area contributed by atoms with Gasteiger partial charge in [-0.25, -0.2) is 0 Å². The zero-order chi connectivity index (χ0) is 12.7. The summed E-state index contributed by atoms with van der Waals surface area (Å²) in [4.78, 5) is 2.56. The average molecular weight is 240 g/mol. The van der Waals surface area contributed by atoms with Gasteiger partial charge in [0.15, 0.2) is 0 Å². The van der Waals surface area contributed by atoms with Crippen LogP contribution in [0.2, 0.25) is 0 Å². The van der Waals surface area contributed by atoms with Gasteiger partial charge in [-0.1, -0.05) is 13.8 Å². The predicted molar refractivity (Wildman–Crippen MR) is 76.4 cm³/mol. The molecule has 1 rings (SSSR count). The van der Waals surface area contributed by atoms with E-state index in [9.17, 15) is 0 Å². The van der Waals surface area contributed by atoms with Crippen LogP contribution < -0.4 is 5.32 Å². The standard InChI is InChI=1S/C15H32N2/c1-5-11-16-15(6-2)8-7-12-17(4)13(3)14-9-10-14/h13-16H,5-12H2,1-4H3. The van der Waals surface area contributed by atoms with Gasteiger partial charge in [-0.3, -0.25) is 0 Å². The fourth-order valence-electron chi connectivity index (χ4n) is 2.53. The molecule has 1 aliphatic carbocycles. The molecule has 0 saturated heterocycles. The van der Waals surface area contributed by atoms with Gasteiger partial charge in [-0.15, -0.1) is 0 Å². The van der Waals surface area contributed by atoms with Gasteiger partial charge < -0.3 is 10.2 Å². The topological polar surface area (TPSA) is 15.3 Å². The Morgan fingerprint density at radius 3 is 2.53 bits per heavy atom. The van der Waals surface area contributed by atoms with Gasteiger partial charge in [0.1, 0.15) is 0 Å². The fourth-order valence-corrected chi connectivity index (χ4v) is 2.53. The van der Waals surface area contributed by atoms with E-state index in [1.807, 2.05) is 0 Å². The van der Waals surface area contributed by atoms with Crippen molar-refractivity contribution in [2.75, 3.05) is 20.1 Å². The molecule has 2 atom stereocenters. The van der Waals surface area contributed by atoms with Gasteiger partial charge in [-0.05, 0) is 71.5 Å². The Bertz CT molecular complexity index is 189. The zero-order valence-corrected chi connectivity index (χ0v) is 12.3. The van der Waals surface area contributed by atoms with E-state index in [1.54, 1.807) is 0 Å². The molecule has 0 aromatic carbocycles. The minimum atomic E-state index is 0.736. The molecule has 1 saturated carbocycles. The highest BCUT2D eigenvalue weighted by Crippen LogP contribution is 2.34. The van der Waals surface area contributed by atoms with Crippen molar-refractivity contribution in [3.8, 4) is 0 Å². The molecule has 0 spiro atoms. The molecule has 0 aliphatic heterocycles. The Hall–Kier alpha value is -0.0800. The summed E-state index contributed by atoms with van der Waals surface area (Å²) in [5.74, 6) is 1.00. The number of hydrogen-bond acceptors (Lipinski definition) is 2. The summed E-state index contributed by atoms with van der Waals surface area (Å²) in [5, 5.41) is 3.64. The van der Waals surface area contributed by atoms with E-state index in [4.69, 9.17) is 0 Å². The number of rotatable bonds is 10. The molecule has 0 aromatic rings. The lowest BCUT2D eigenvalue weighted by molar-refractivity contribution is 0.226. The molecule has 0 amide bonds. The molecule has 17 heavy (non-hydrogen) atoms. The van der Waals surface area contributed by atoms with Crippen LogP contribution in [0.4, 0.5) is 0 Å². The lowest BCUT2D eigenvalue weighted by atomic mass is 10.1. The van der Waals surface area contributed by atoms with E-state index in [0.717, 1.165) is 18.0 Å². The van der Waals surface area contributed by atoms with Crippen molar-refractivity contribution in [3.05, 3.63) is 0 Å². The van der Waals surface area contributed by atoms with Crippen LogP contribution in [-0.2, 0) is 0 Å². The maximum Gasteiger partial charge on any atom is 0.00921 e. The molecule has 1 N–H and O–H groups in total. The van der Waals surface area contributed by atoms with E-state index in [-0.39, 0.29) is 0 Å². The molecule has 0 radical (unpaired) electrons. The Labute approximate surface area is 108 Å². The van der Waals surface area contributed by atoms with Crippen molar-refractivity contribution in [2.24, 2.45) is 5.92 Å². The highest BCUT2D eigenvalue weighted by atomic mass is 15.1. The third-order valence-corrected chi connectivity index (χ3v) is 4.24. The molecule has 2 heteroatoms. The molecule has 0 bridgehead atoms. The third-order valence-electron chi connectivity index (χ3n) is 4.24. The molecule has 2 nitrogen and oxygen atoms in total. The summed E-state index contributed by atoms with van der Waals surface area (Å²) >= 11 is 0. The highest BCUT2D eigenvalue weighted by molar-refractivity contribution is 4.84. The zero-order valence-electron chi connectivity index (χ0n) is 12.3. The molecular weight excluding hydrogens is 208 g/mol. The summed E-state index contributed by atoms with van der Waals surface area (Å²) in [7, 11) is 2.30. The second-order valence-electron chi connectivity index (χ2n) is 5.76. The van der Waals surface area contributed by atoms with Crippen LogP contribution in [0.1, 0.15) is 59.3 Å². The maximum atomic E-state index is 3.64. The summed E-state index contributed by atoms with van der Waals surface area (Å²) < 4.78 is 0. The largest absolute Gasteiger partial charge is 0.314 e. The number of nitrogens with zero attached hydrogens (tertiary/aromatic N) is 1. The van der Waals surface area contributed by atoms with Crippen molar-refractivity contribution in [1.29, 1.82) is 0 Å². The van der Waals surface area contributed by atoms with Crippen LogP contribution in [-0.4, -0.2) is 37.1 Å². The SMILES string of the molecule is CCCNC(CC)CCCN(C)C(C)C1CC1. The summed E-state index contributed by atoms with van der Waals surface area (Å²) in [6, 6.07) is 1.54. The smallest absolute Gasteiger partial charge is 0.00921 e. The molecule has 0 aromatic heterocycles. The van der Waals surface area contributed by atoms with Gasteiger partial charge in [0, 0.05) is 12.1 Å². The first kappa shape index (κ1) is 15.0. The van der Waals surface area contributed by atoms with E-state index >= 15 is 0 Å². The van der Waals surface area contributed by atoms with Crippen LogP contribution >= 0.6 is 0 Å². The van der Waals surface area contributed by atoms with Crippen LogP contribution in [0, 0.1) is 5.92 Å². The quantitative estimate of drug-likeness (QED) is 0.630. The summed E-state index contributed by atoms with van der Waals surface area (Å²) in [6.07, 6.45) is 8.10. The number of nitrogens with one attached hydrogen (secondary N) is 1. The van der Waals surface area contributed by atoms with Crippen LogP contribution in [0.3, 0.4) is 0 Å². The van der Waals surface area contributed by atoms with E-state index in [0.29, 0.717) is 0 Å². The normalized spacial score (nSPS) is 19.6. The van der Waals surface area contributed by atoms with Gasteiger partial charge in [-0.2, -0.15) is 0 Å². The summed E-state index contributed by atoms with van der Waals surface area (Å²) in [5.41, 5.74) is 0. The lowest BCUT2D eigenvalue weighted by Crippen LogP contribution is -2.34. The summed E-state index contributed by atoms with van der Waals surface area (Å²) in [6.45, 7) is 9.37. The molecule has 102 valence electrons. The van der Waals surface area contributed by atoms with Gasteiger partial charge in [0.2, 0.25) is 0 Å². The first-order chi connectivity index (χ1) is 8.19. The van der Waals surface area contributed by atoms with Gasteiger partial charge >= 0.3 is 0 Å². The van der Waals surface area contributed by atoms with Gasteiger partial charge in [0.25, 0.3) is 0 Å². The van der Waals surface area contributed by atoms with E-state index < -0.39 is 0 Å². The number of hydrogen-bond donors (Lipinski definition) is 1. The van der Waals surface area contributed by atoms with Crippen LogP contribution in [0.5, 0.6) is 0 Å². The Morgan fingerprint density at radius 1 is 1.29 bits per heavy atom. The van der Waals surface area contributed by atoms with Crippen molar-refractivity contribution < 1.29 is 0 Å². The second-order valence-corrected chi connectivity index (χ2v) is 5.76. The highest BCUT2D eigenvalue weighted by Gasteiger charge is 2.30. The van der Waals surface area contributed by atoms with Crippen LogP contribution in [0.25, 0.3) is 0 Å². The van der Waals surface area contributed by atoms with Crippen molar-refractivity contribution in [2.45, 2.75) is 71.4 Å². The molecular formula is C15H32N2. The third kappa shape index (κ3) is 5.87. The van der Waals surface area contributed by atoms with Crippen LogP contribution in [0.15, 0.2) is 0 Å². The van der Waals surface area contributed by atoms with Crippen molar-refractivity contribution >= 4 is 0 Å². The lowest BCUT2D eigenvalue weighted by Gasteiger charge is -2.25. The Kier molecular flexibility index (Phi) is 7.14. The Morgan fingerprint density at radius 2 is 2.00 bits per heavy atom. The molecule has 2 unspecified atom stereocenters. The molecule has 0 heterocycles. The first-order valence-corrected chi connectivity index (χ1v) is 7.62. The molecule has 1 fully saturated rings. The first-order valence-electron chi connectivity index (χ1n) is 7.62. The van der Waals surface area contributed by atoms with Gasteiger partial charge in [0.05, 0.1) is 0 Å². The average Bonchev–Trinajstić information content (AvgIpc) is 3.16. The maximum absolute atomic E-state index is 3.64. The second kappa shape index (κ2) is 8.10. The van der Waals surface area contributed by atoms with E-state index in [1.165, 1.54) is 51.6 Å². The fraction of sp³-hybridized carbons (Fsp3) is 1.00. The molecule has 1 aliphatic rings. The minimum Gasteiger partial charge on any atom is -0.314 e. The van der Waals surface area contributed by atoms with Crippen molar-refractivity contribution in [3.63, 3.8) is 0 Å². The van der Waals surface area contributed by atoms with E-state index in [2.05, 4.69) is 38.0 Å². The minimum absolute atomic E-state index is 0.736. The predicted octanol–water partition coefficient (Wildman–Crippen LogP) is 3.28. The Balaban J connectivity index is 2.07. The monoisotopic (exact) mass is 240 g/mol. The van der Waals surface area contributed by atoms with Crippen molar-refractivity contribution in [1.82, 2.24) is 10.2 Å².